The molecule has 0 radical (unpaired) electrons. The molecule has 0 aromatic carbocycles. The Bertz CT molecular complexity index is 927. The van der Waals surface area contributed by atoms with E-state index < -0.39 is 68.7 Å². The van der Waals surface area contributed by atoms with E-state index in [-0.39, 0.29) is 72.1 Å². The van der Waals surface area contributed by atoms with E-state index in [0.717, 1.165) is 0 Å². The van der Waals surface area contributed by atoms with Crippen molar-refractivity contribution in [2.45, 2.75) is 82.6 Å². The Hall–Kier alpha value is 1.01. The fourth-order valence-electron chi connectivity index (χ4n) is 3.49. The maximum atomic E-state index is 12.9. The van der Waals surface area contributed by atoms with E-state index >= 15 is 0 Å². The molecule has 242 valence electrons. The summed E-state index contributed by atoms with van der Waals surface area (Å²) in [6, 6.07) is -2.18. The predicted molar refractivity (Wildman–Crippen MR) is 149 cm³/mol. The summed E-state index contributed by atoms with van der Waals surface area (Å²) in [5.74, 6) is -0.555. The molecule has 0 aromatic heterocycles. The van der Waals surface area contributed by atoms with Crippen LogP contribution in [-0.4, -0.2) is 98.4 Å². The molecule has 0 bridgehead atoms. The Balaban J connectivity index is -0.00000800. The van der Waals surface area contributed by atoms with Crippen LogP contribution in [0, 0.1) is 0 Å². The topological polar surface area (TPSA) is 241 Å². The maximum absolute atomic E-state index is 12.9. The Kier molecular flexibility index (Phi) is 25.4. The number of nitrogens with one attached hydrogen (secondary N) is 3. The Morgan fingerprint density at radius 1 is 0.930 bits per heavy atom. The quantitative estimate of drug-likeness (QED) is 0.0317. The average Bonchev–Trinajstić information content (AvgIpc) is 2.80. The van der Waals surface area contributed by atoms with Gasteiger partial charge in [0.2, 0.25) is 11.8 Å². The third-order valence-corrected chi connectivity index (χ3v) is 9.78. The van der Waals surface area contributed by atoms with Gasteiger partial charge in [-0.05, 0) is 73.9 Å². The van der Waals surface area contributed by atoms with Crippen molar-refractivity contribution >= 4 is 56.3 Å². The van der Waals surface area contributed by atoms with E-state index in [4.69, 9.17) is 37.7 Å². The molecular formula is C22H42Cl2N4Na2O11P2. The molecule has 6 N–H and O–H groups in total. The molecule has 0 rings (SSSR count). The minimum absolute atomic E-state index is 0. The summed E-state index contributed by atoms with van der Waals surface area (Å²) in [5.41, 5.74) is -0.820. The fraction of sp³-hybridized carbons (Fsp3) is 0.864. The molecule has 3 amide bonds. The number of alkyl halides is 2. The van der Waals surface area contributed by atoms with Gasteiger partial charge < -0.3 is 54.8 Å². The first kappa shape index (κ1) is 48.4. The van der Waals surface area contributed by atoms with Crippen molar-refractivity contribution in [3.05, 3.63) is 0 Å². The van der Waals surface area contributed by atoms with Gasteiger partial charge in [-0.3, -0.25) is 14.2 Å². The second-order valence-electron chi connectivity index (χ2n) is 10.4. The molecule has 0 aliphatic heterocycles. The number of hydrogen-bond donors (Lipinski definition) is 6. The van der Waals surface area contributed by atoms with Gasteiger partial charge in [0, 0.05) is 31.4 Å². The van der Waals surface area contributed by atoms with E-state index in [2.05, 4.69) is 20.9 Å². The van der Waals surface area contributed by atoms with E-state index in [1.165, 1.54) is 6.92 Å². The predicted octanol–water partition coefficient (Wildman–Crippen LogP) is -6.02. The Labute approximate surface area is 307 Å². The fourth-order valence-corrected chi connectivity index (χ4v) is 6.12. The van der Waals surface area contributed by atoms with Gasteiger partial charge in [-0.1, -0.05) is 0 Å². The van der Waals surface area contributed by atoms with Gasteiger partial charge in [0.1, 0.15) is 17.7 Å². The zero-order chi connectivity index (χ0) is 32.1. The Morgan fingerprint density at radius 3 is 1.91 bits per heavy atom. The first-order valence-corrected chi connectivity index (χ1v) is 17.1. The second kappa shape index (κ2) is 22.6. The average molecular weight is 717 g/mol. The third kappa shape index (κ3) is 19.4. The van der Waals surface area contributed by atoms with Crippen LogP contribution in [0.4, 0.5) is 4.79 Å². The number of amides is 3. The van der Waals surface area contributed by atoms with E-state index in [1.54, 1.807) is 20.8 Å². The summed E-state index contributed by atoms with van der Waals surface area (Å²) >= 11 is 11.6. The minimum Gasteiger partial charge on any atom is -0.808 e. The number of nitrogens with zero attached hydrogens (tertiary/aromatic N) is 1. The molecule has 0 spiro atoms. The molecular weight excluding hydrogens is 675 g/mol. The van der Waals surface area contributed by atoms with Gasteiger partial charge in [-0.25, -0.2) is 4.79 Å². The zero-order valence-electron chi connectivity index (χ0n) is 25.6. The molecule has 43 heavy (non-hydrogen) atoms. The van der Waals surface area contributed by atoms with Gasteiger partial charge in [0.25, 0.3) is 0 Å². The van der Waals surface area contributed by atoms with E-state index in [9.17, 15) is 38.4 Å². The second-order valence-corrected chi connectivity index (χ2v) is 15.0. The summed E-state index contributed by atoms with van der Waals surface area (Å²) in [4.78, 5) is 80.4. The summed E-state index contributed by atoms with van der Waals surface area (Å²) < 4.78 is 27.8. The number of carbonyl (C=O) groups excluding carboxylic acids is 3. The van der Waals surface area contributed by atoms with Crippen LogP contribution in [0.1, 0.15) is 59.8 Å². The summed E-state index contributed by atoms with van der Waals surface area (Å²) in [6.45, 7) is 7.90. The van der Waals surface area contributed by atoms with Gasteiger partial charge in [-0.15, -0.1) is 23.2 Å². The number of hydrogen-bond acceptors (Lipinski definition) is 10. The molecule has 21 heteroatoms. The van der Waals surface area contributed by atoms with Gasteiger partial charge >= 0.3 is 72.8 Å². The van der Waals surface area contributed by atoms with Crippen LogP contribution >= 0.6 is 38.4 Å². The molecule has 0 aliphatic rings. The van der Waals surface area contributed by atoms with Crippen molar-refractivity contribution in [3.8, 4) is 0 Å². The monoisotopic (exact) mass is 716 g/mol. The first-order chi connectivity index (χ1) is 18.7. The number of rotatable bonds is 19. The first-order valence-electron chi connectivity index (χ1n) is 12.9. The van der Waals surface area contributed by atoms with Gasteiger partial charge in [-0.2, -0.15) is 0 Å². The molecule has 0 aromatic rings. The smallest absolute Gasteiger partial charge is 0.808 e. The molecule has 15 nitrogen and oxygen atoms in total. The van der Waals surface area contributed by atoms with Crippen molar-refractivity contribution in [2.75, 3.05) is 37.9 Å². The molecule has 2 unspecified atom stereocenters. The van der Waals surface area contributed by atoms with Crippen LogP contribution in [0.2, 0.25) is 0 Å². The van der Waals surface area contributed by atoms with Crippen molar-refractivity contribution in [1.29, 1.82) is 0 Å². The standard InChI is InChI=1S/C22H44Cl2N4O11P2.2Na/c1-16(18(29)25-12-7-9-22(32,40(33,34)35)41(36,37)38)26-19(30)17(27-20(31)39-21(2,3)4)8-5-6-13-28(14-10-23)15-11-24;;/h16-17,32H,5-15H2,1-4H3,(H,25,29)(H,26,30)(H,27,31)(H2,33,34,35)(H2,36,37,38);;/q;2*+1/p-2/t16-,17?;;/m0../s1. The van der Waals surface area contributed by atoms with Crippen LogP contribution in [0.15, 0.2) is 0 Å². The summed E-state index contributed by atoms with van der Waals surface area (Å²) in [6.07, 6.45) is -1.01. The van der Waals surface area contributed by atoms with Crippen LogP contribution in [0.3, 0.4) is 0 Å². The SMILES string of the molecule is C[C@H](NC(=O)C(CCCCN(CCCl)CCCl)NC(=O)OC(C)(C)C)C(=O)NCCCC(O)(P(=O)([O-])[O-])P(=O)(O)O.[Na+].[Na+]. The summed E-state index contributed by atoms with van der Waals surface area (Å²) in [5, 5.41) is 13.2. The molecule has 0 aliphatic carbocycles. The molecule has 3 atom stereocenters. The van der Waals surface area contributed by atoms with E-state index in [1.807, 2.05) is 0 Å². The van der Waals surface area contributed by atoms with Crippen LogP contribution < -0.4 is 84.9 Å². The number of ether oxygens (including phenoxy) is 1. The number of unbranched alkanes of at least 4 members (excludes halogenated alkanes) is 1. The third-order valence-electron chi connectivity index (χ3n) is 5.67. The van der Waals surface area contributed by atoms with Crippen molar-refractivity contribution in [3.63, 3.8) is 0 Å². The molecule has 0 fully saturated rings. The van der Waals surface area contributed by atoms with Gasteiger partial charge in [0.05, 0.1) is 0 Å². The van der Waals surface area contributed by atoms with Crippen LogP contribution in [-0.2, 0) is 23.5 Å². The van der Waals surface area contributed by atoms with Crippen molar-refractivity contribution < 1.29 is 112 Å². The van der Waals surface area contributed by atoms with Crippen LogP contribution in [0.25, 0.3) is 0 Å². The zero-order valence-corrected chi connectivity index (χ0v) is 32.9. The number of alkyl carbamates (subject to hydrolysis) is 1. The summed E-state index contributed by atoms with van der Waals surface area (Å²) in [7, 11) is -11.8. The van der Waals surface area contributed by atoms with Gasteiger partial charge in [0.15, 0.2) is 5.08 Å². The van der Waals surface area contributed by atoms with Crippen LogP contribution in [0.5, 0.6) is 0 Å². The minimum atomic E-state index is -6.11. The van der Waals surface area contributed by atoms with Crippen molar-refractivity contribution in [1.82, 2.24) is 20.9 Å². The maximum Gasteiger partial charge on any atom is 1.00 e. The van der Waals surface area contributed by atoms with Crippen molar-refractivity contribution in [2.24, 2.45) is 0 Å². The molecule has 0 saturated heterocycles. The Morgan fingerprint density at radius 2 is 1.47 bits per heavy atom. The largest absolute Gasteiger partial charge is 1.00 e. The number of carbonyl (C=O) groups is 3. The van der Waals surface area contributed by atoms with E-state index in [0.29, 0.717) is 44.2 Å². The normalized spacial score (nSPS) is 14.8. The molecule has 0 heterocycles. The number of halogens is 2. The number of aliphatic hydroxyl groups is 1. The molecule has 0 saturated carbocycles.